The van der Waals surface area contributed by atoms with Gasteiger partial charge in [-0.05, 0) is 25.2 Å². The zero-order valence-corrected chi connectivity index (χ0v) is 13.9. The van der Waals surface area contributed by atoms with Gasteiger partial charge in [-0.25, -0.2) is 0 Å². The number of aromatic nitrogens is 3. The Morgan fingerprint density at radius 1 is 1.26 bits per heavy atom. The van der Waals surface area contributed by atoms with Crippen molar-refractivity contribution in [1.82, 2.24) is 15.2 Å². The van der Waals surface area contributed by atoms with Gasteiger partial charge in [0.1, 0.15) is 0 Å². The average molecular weight is 310 g/mol. The number of nitrogens with zero attached hydrogens (tertiary/aromatic N) is 2. The summed E-state index contributed by atoms with van der Waals surface area (Å²) < 4.78 is 0. The van der Waals surface area contributed by atoms with E-state index in [0.29, 0.717) is 11.8 Å². The van der Waals surface area contributed by atoms with Crippen LogP contribution >= 0.6 is 0 Å². The fraction of sp³-hybridized carbons (Fsp3) is 0.389. The van der Waals surface area contributed by atoms with Gasteiger partial charge in [0.25, 0.3) is 0 Å². The van der Waals surface area contributed by atoms with Gasteiger partial charge in [0.2, 0.25) is 11.9 Å². The number of carbonyl (C=O) groups excluding carboxylic acids is 1. The number of allylic oxidation sites excluding steroid dienone is 2. The average Bonchev–Trinajstić information content (AvgIpc) is 2.86. The van der Waals surface area contributed by atoms with Crippen LogP contribution in [0.2, 0.25) is 0 Å². The van der Waals surface area contributed by atoms with Gasteiger partial charge in [0.15, 0.2) is 5.82 Å². The van der Waals surface area contributed by atoms with E-state index in [1.807, 2.05) is 30.3 Å². The summed E-state index contributed by atoms with van der Waals surface area (Å²) >= 11 is 0. The van der Waals surface area contributed by atoms with Crippen molar-refractivity contribution in [1.29, 1.82) is 0 Å². The second kappa shape index (κ2) is 5.65. The molecule has 5 nitrogen and oxygen atoms in total. The molecule has 1 aliphatic carbocycles. The maximum absolute atomic E-state index is 12.5. The summed E-state index contributed by atoms with van der Waals surface area (Å²) in [6.45, 7) is 8.36. The first kappa shape index (κ1) is 15.5. The highest BCUT2D eigenvalue weighted by atomic mass is 16.2. The van der Waals surface area contributed by atoms with E-state index in [1.165, 1.54) is 5.57 Å². The maximum Gasteiger partial charge on any atom is 0.249 e. The zero-order valence-electron chi connectivity index (χ0n) is 13.9. The van der Waals surface area contributed by atoms with Crippen molar-refractivity contribution in [3.8, 4) is 11.4 Å². The minimum atomic E-state index is -0.0314. The Morgan fingerprint density at radius 3 is 2.61 bits per heavy atom. The van der Waals surface area contributed by atoms with Crippen LogP contribution in [-0.2, 0) is 4.79 Å². The number of amides is 1. The minimum absolute atomic E-state index is 0.0140. The number of hydrogen-bond acceptors (Lipinski definition) is 3. The number of hydrogen-bond donors (Lipinski definition) is 2. The normalized spacial score (nSPS) is 21.6. The Hall–Kier alpha value is -2.43. The quantitative estimate of drug-likeness (QED) is 0.847. The largest absolute Gasteiger partial charge is 0.293 e. The standard InChI is InChI=1S/C18H22N4O/c1-11(2)10-13-14(18(13,3)4)16(23)20-17-19-15(21-22-17)12-8-6-5-7-9-12/h5-10,13-14H,1-4H3,(H2,19,20,21,22,23)/t13-,14-/m1/s1. The molecule has 0 radical (unpaired) electrons. The van der Waals surface area contributed by atoms with Crippen molar-refractivity contribution < 1.29 is 4.79 Å². The summed E-state index contributed by atoms with van der Waals surface area (Å²) in [6, 6.07) is 9.71. The van der Waals surface area contributed by atoms with Gasteiger partial charge in [-0.3, -0.25) is 15.2 Å². The molecule has 0 unspecified atom stereocenters. The Balaban J connectivity index is 1.70. The van der Waals surface area contributed by atoms with Crippen LogP contribution in [0.15, 0.2) is 42.0 Å². The van der Waals surface area contributed by atoms with Crippen LogP contribution in [0, 0.1) is 17.3 Å². The first-order chi connectivity index (χ1) is 10.9. The van der Waals surface area contributed by atoms with Crippen molar-refractivity contribution >= 4 is 11.9 Å². The van der Waals surface area contributed by atoms with Gasteiger partial charge in [0.05, 0.1) is 5.92 Å². The molecule has 2 atom stereocenters. The van der Waals surface area contributed by atoms with E-state index < -0.39 is 0 Å². The topological polar surface area (TPSA) is 70.7 Å². The zero-order chi connectivity index (χ0) is 16.6. The summed E-state index contributed by atoms with van der Waals surface area (Å²) in [5.74, 6) is 1.21. The smallest absolute Gasteiger partial charge is 0.249 e. The summed E-state index contributed by atoms with van der Waals surface area (Å²) in [4.78, 5) is 16.8. The van der Waals surface area contributed by atoms with Gasteiger partial charge in [-0.15, -0.1) is 5.10 Å². The van der Waals surface area contributed by atoms with Crippen LogP contribution < -0.4 is 5.32 Å². The first-order valence-electron chi connectivity index (χ1n) is 7.83. The molecule has 0 aliphatic heterocycles. The molecule has 0 bridgehead atoms. The third kappa shape index (κ3) is 3.04. The van der Waals surface area contributed by atoms with Crippen molar-refractivity contribution in [3.05, 3.63) is 42.0 Å². The van der Waals surface area contributed by atoms with Crippen molar-refractivity contribution in [2.45, 2.75) is 27.7 Å². The molecule has 1 heterocycles. The van der Waals surface area contributed by atoms with E-state index in [2.05, 4.69) is 54.3 Å². The number of rotatable bonds is 4. The van der Waals surface area contributed by atoms with Crippen LogP contribution in [0.1, 0.15) is 27.7 Å². The molecule has 5 heteroatoms. The molecule has 0 saturated heterocycles. The van der Waals surface area contributed by atoms with Gasteiger partial charge in [-0.2, -0.15) is 4.98 Å². The van der Waals surface area contributed by atoms with Crippen LogP contribution in [0.4, 0.5) is 5.95 Å². The number of aromatic amines is 1. The number of benzene rings is 1. The summed E-state index contributed by atoms with van der Waals surface area (Å²) in [5.41, 5.74) is 2.16. The lowest BCUT2D eigenvalue weighted by Crippen LogP contribution is -2.17. The van der Waals surface area contributed by atoms with Crippen molar-refractivity contribution in [2.75, 3.05) is 5.32 Å². The highest BCUT2D eigenvalue weighted by molar-refractivity contribution is 5.94. The molecular formula is C18H22N4O. The van der Waals surface area contributed by atoms with Crippen molar-refractivity contribution in [3.63, 3.8) is 0 Å². The molecule has 0 spiro atoms. The molecule has 1 fully saturated rings. The molecule has 120 valence electrons. The van der Waals surface area contributed by atoms with E-state index in [9.17, 15) is 4.79 Å². The van der Waals surface area contributed by atoms with E-state index in [1.54, 1.807) is 0 Å². The number of carbonyl (C=O) groups is 1. The molecule has 23 heavy (non-hydrogen) atoms. The summed E-state index contributed by atoms with van der Waals surface area (Å²) in [5, 5.41) is 9.79. The highest BCUT2D eigenvalue weighted by Gasteiger charge is 2.60. The molecule has 1 aliphatic rings. The molecule has 1 amide bonds. The van der Waals surface area contributed by atoms with Crippen molar-refractivity contribution in [2.24, 2.45) is 17.3 Å². The minimum Gasteiger partial charge on any atom is -0.293 e. The third-order valence-corrected chi connectivity index (χ3v) is 4.47. The van der Waals surface area contributed by atoms with Crippen LogP contribution in [0.5, 0.6) is 0 Å². The first-order valence-corrected chi connectivity index (χ1v) is 7.83. The van der Waals surface area contributed by atoms with Crippen LogP contribution in [-0.4, -0.2) is 21.1 Å². The lowest BCUT2D eigenvalue weighted by Gasteiger charge is -2.01. The van der Waals surface area contributed by atoms with Gasteiger partial charge < -0.3 is 0 Å². The fourth-order valence-electron chi connectivity index (χ4n) is 3.08. The summed E-state index contributed by atoms with van der Waals surface area (Å²) in [7, 11) is 0. The van der Waals surface area contributed by atoms with E-state index in [0.717, 1.165) is 5.56 Å². The Labute approximate surface area is 136 Å². The number of H-pyrrole nitrogens is 1. The predicted octanol–water partition coefficient (Wildman–Crippen LogP) is 3.65. The van der Waals surface area contributed by atoms with Crippen LogP contribution in [0.25, 0.3) is 11.4 Å². The van der Waals surface area contributed by atoms with E-state index in [-0.39, 0.29) is 23.2 Å². The molecule has 1 saturated carbocycles. The Bertz CT molecular complexity index is 741. The number of anilines is 1. The Morgan fingerprint density at radius 2 is 1.96 bits per heavy atom. The second-order valence-electron chi connectivity index (χ2n) is 6.93. The molecular weight excluding hydrogens is 288 g/mol. The van der Waals surface area contributed by atoms with E-state index in [4.69, 9.17) is 0 Å². The number of nitrogens with one attached hydrogen (secondary N) is 2. The molecule has 2 aromatic rings. The predicted molar refractivity (Wildman–Crippen MR) is 90.6 cm³/mol. The lowest BCUT2D eigenvalue weighted by atomic mass is 10.1. The second-order valence-corrected chi connectivity index (χ2v) is 6.93. The highest BCUT2D eigenvalue weighted by Crippen LogP contribution is 2.59. The summed E-state index contributed by atoms with van der Waals surface area (Å²) in [6.07, 6.45) is 2.18. The Kier molecular flexibility index (Phi) is 3.80. The molecule has 3 rings (SSSR count). The van der Waals surface area contributed by atoms with Gasteiger partial charge >= 0.3 is 0 Å². The monoisotopic (exact) mass is 310 g/mol. The van der Waals surface area contributed by atoms with Crippen LogP contribution in [0.3, 0.4) is 0 Å². The molecule has 1 aromatic carbocycles. The van der Waals surface area contributed by atoms with Gasteiger partial charge in [-0.1, -0.05) is 55.8 Å². The fourth-order valence-corrected chi connectivity index (χ4v) is 3.08. The van der Waals surface area contributed by atoms with E-state index >= 15 is 0 Å². The maximum atomic E-state index is 12.5. The molecule has 2 N–H and O–H groups in total. The molecule has 1 aromatic heterocycles. The lowest BCUT2D eigenvalue weighted by molar-refractivity contribution is -0.118. The third-order valence-electron chi connectivity index (χ3n) is 4.47. The SMILES string of the molecule is CC(C)=C[C@@H]1[C@H](C(=O)Nc2n[nH]c(-c3ccccc3)n2)C1(C)C. The van der Waals surface area contributed by atoms with Gasteiger partial charge in [0, 0.05) is 5.56 Å².